The molecule has 3 aromatic carbocycles. The first kappa shape index (κ1) is 26.0. The van der Waals surface area contributed by atoms with Crippen LogP contribution in [0.25, 0.3) is 6.08 Å². The number of carbonyl (C=O) groups is 1. The summed E-state index contributed by atoms with van der Waals surface area (Å²) in [5.74, 6) is 0.790. The molecule has 36 heavy (non-hydrogen) atoms. The van der Waals surface area contributed by atoms with E-state index in [4.69, 9.17) is 14.2 Å². The van der Waals surface area contributed by atoms with Crippen molar-refractivity contribution in [2.45, 2.75) is 19.6 Å². The van der Waals surface area contributed by atoms with Gasteiger partial charge in [-0.2, -0.15) is 5.26 Å². The number of ether oxygens (including phenoxy) is 3. The maximum atomic E-state index is 13.5. The lowest BCUT2D eigenvalue weighted by molar-refractivity contribution is -0.117. The molecule has 1 amide bonds. The number of allylic oxidation sites excluding steroid dienone is 1. The standard InChI is InChI=1S/C29H27FN2O4/c1-4-6-23-13-22(16-27(35-3)28(23)36-19-21-7-5-8-25(30)15-21)14-24(17-31)29(33)32-18-20-9-11-26(34-2)12-10-20/h4-5,7-16H,1,6,18-19H2,2-3H3,(H,32,33)/b24-14-. The van der Waals surface area contributed by atoms with Crippen molar-refractivity contribution in [1.29, 1.82) is 5.26 Å². The summed E-state index contributed by atoms with van der Waals surface area (Å²) in [4.78, 5) is 12.7. The Labute approximate surface area is 210 Å². The first-order chi connectivity index (χ1) is 17.5. The zero-order chi connectivity index (χ0) is 25.9. The fraction of sp³-hybridized carbons (Fsp3) is 0.172. The number of hydrogen-bond acceptors (Lipinski definition) is 5. The van der Waals surface area contributed by atoms with Crippen LogP contribution in [-0.2, 0) is 24.4 Å². The number of halogens is 1. The summed E-state index contributed by atoms with van der Waals surface area (Å²) < 4.78 is 30.2. The van der Waals surface area contributed by atoms with Crippen LogP contribution in [0.15, 0.2) is 78.9 Å². The molecular formula is C29H27FN2O4. The van der Waals surface area contributed by atoms with E-state index in [1.807, 2.05) is 18.2 Å². The largest absolute Gasteiger partial charge is 0.497 e. The molecule has 0 aliphatic heterocycles. The smallest absolute Gasteiger partial charge is 0.262 e. The van der Waals surface area contributed by atoms with E-state index < -0.39 is 5.91 Å². The Hall–Kier alpha value is -4.57. The molecule has 0 saturated heterocycles. The lowest BCUT2D eigenvalue weighted by Crippen LogP contribution is -2.23. The fourth-order valence-electron chi connectivity index (χ4n) is 3.51. The van der Waals surface area contributed by atoms with Crippen molar-refractivity contribution >= 4 is 12.0 Å². The Morgan fingerprint density at radius 2 is 1.86 bits per heavy atom. The third-order valence-corrected chi connectivity index (χ3v) is 5.30. The molecule has 7 heteroatoms. The quantitative estimate of drug-likeness (QED) is 0.224. The molecule has 0 heterocycles. The number of methoxy groups -OCH3 is 2. The van der Waals surface area contributed by atoms with Crippen LogP contribution in [0.3, 0.4) is 0 Å². The first-order valence-corrected chi connectivity index (χ1v) is 11.2. The molecule has 0 aromatic heterocycles. The topological polar surface area (TPSA) is 80.6 Å². The minimum Gasteiger partial charge on any atom is -0.497 e. The first-order valence-electron chi connectivity index (χ1n) is 11.2. The predicted octanol–water partition coefficient (Wildman–Crippen LogP) is 5.37. The lowest BCUT2D eigenvalue weighted by Gasteiger charge is -2.16. The Kier molecular flexibility index (Phi) is 9.24. The summed E-state index contributed by atoms with van der Waals surface area (Å²) in [6.07, 6.45) is 3.67. The van der Waals surface area contributed by atoms with E-state index in [1.165, 1.54) is 25.3 Å². The van der Waals surface area contributed by atoms with Gasteiger partial charge in [-0.3, -0.25) is 4.79 Å². The highest BCUT2D eigenvalue weighted by atomic mass is 19.1. The summed E-state index contributed by atoms with van der Waals surface area (Å²) in [5, 5.41) is 12.4. The molecule has 3 rings (SSSR count). The van der Waals surface area contributed by atoms with Crippen molar-refractivity contribution in [2.24, 2.45) is 0 Å². The normalized spacial score (nSPS) is 10.8. The number of amides is 1. The maximum absolute atomic E-state index is 13.5. The number of nitrogens with zero attached hydrogens (tertiary/aromatic N) is 1. The van der Waals surface area contributed by atoms with E-state index in [2.05, 4.69) is 11.9 Å². The van der Waals surface area contributed by atoms with Crippen molar-refractivity contribution in [3.63, 3.8) is 0 Å². The predicted molar refractivity (Wildman–Crippen MR) is 136 cm³/mol. The number of rotatable bonds is 11. The van der Waals surface area contributed by atoms with Gasteiger partial charge in [0.2, 0.25) is 0 Å². The minimum absolute atomic E-state index is 0.0523. The summed E-state index contributed by atoms with van der Waals surface area (Å²) >= 11 is 0. The fourth-order valence-corrected chi connectivity index (χ4v) is 3.51. The monoisotopic (exact) mass is 486 g/mol. The van der Waals surface area contributed by atoms with Gasteiger partial charge in [0.25, 0.3) is 5.91 Å². The Balaban J connectivity index is 1.81. The van der Waals surface area contributed by atoms with Crippen LogP contribution in [0.5, 0.6) is 17.2 Å². The van der Waals surface area contributed by atoms with Crippen molar-refractivity contribution in [3.8, 4) is 23.3 Å². The van der Waals surface area contributed by atoms with Crippen LogP contribution in [0, 0.1) is 17.1 Å². The number of hydrogen-bond donors (Lipinski definition) is 1. The molecule has 0 bridgehead atoms. The van der Waals surface area contributed by atoms with Crippen LogP contribution >= 0.6 is 0 Å². The average molecular weight is 487 g/mol. The molecule has 0 fully saturated rings. The highest BCUT2D eigenvalue weighted by Crippen LogP contribution is 2.35. The van der Waals surface area contributed by atoms with Gasteiger partial charge in [-0.25, -0.2) is 4.39 Å². The van der Waals surface area contributed by atoms with Crippen molar-refractivity contribution in [2.75, 3.05) is 14.2 Å². The van der Waals surface area contributed by atoms with Gasteiger partial charge in [0.15, 0.2) is 11.5 Å². The molecule has 3 aromatic rings. The van der Waals surface area contributed by atoms with Gasteiger partial charge >= 0.3 is 0 Å². The molecular weight excluding hydrogens is 459 g/mol. The van der Waals surface area contributed by atoms with E-state index >= 15 is 0 Å². The molecule has 0 aliphatic carbocycles. The van der Waals surface area contributed by atoms with E-state index in [-0.39, 0.29) is 24.5 Å². The number of benzene rings is 3. The highest BCUT2D eigenvalue weighted by molar-refractivity contribution is 6.01. The molecule has 0 saturated carbocycles. The van der Waals surface area contributed by atoms with Crippen molar-refractivity contribution in [1.82, 2.24) is 5.32 Å². The van der Waals surface area contributed by atoms with Crippen molar-refractivity contribution < 1.29 is 23.4 Å². The second kappa shape index (κ2) is 12.8. The molecule has 184 valence electrons. The van der Waals surface area contributed by atoms with Gasteiger partial charge in [-0.05, 0) is 65.6 Å². The summed E-state index contributed by atoms with van der Waals surface area (Å²) in [6.45, 7) is 4.20. The highest BCUT2D eigenvalue weighted by Gasteiger charge is 2.15. The average Bonchev–Trinajstić information content (AvgIpc) is 2.90. The lowest BCUT2D eigenvalue weighted by atomic mass is 10.0. The zero-order valence-corrected chi connectivity index (χ0v) is 20.2. The number of carbonyl (C=O) groups excluding carboxylic acids is 1. The molecule has 0 atom stereocenters. The van der Waals surface area contributed by atoms with Crippen LogP contribution in [0.4, 0.5) is 4.39 Å². The number of nitrogens with one attached hydrogen (secondary N) is 1. The summed E-state index contributed by atoms with van der Waals surface area (Å²) in [7, 11) is 3.08. The molecule has 1 N–H and O–H groups in total. The molecule has 6 nitrogen and oxygen atoms in total. The maximum Gasteiger partial charge on any atom is 0.262 e. The Morgan fingerprint density at radius 1 is 1.08 bits per heavy atom. The second-order valence-electron chi connectivity index (χ2n) is 7.82. The zero-order valence-electron chi connectivity index (χ0n) is 20.2. The van der Waals surface area contributed by atoms with Crippen LogP contribution in [-0.4, -0.2) is 20.1 Å². The molecule has 0 unspecified atom stereocenters. The van der Waals surface area contributed by atoms with Gasteiger partial charge in [0.05, 0.1) is 14.2 Å². The van der Waals surface area contributed by atoms with E-state index in [1.54, 1.807) is 49.6 Å². The van der Waals surface area contributed by atoms with Gasteiger partial charge in [0, 0.05) is 12.1 Å². The van der Waals surface area contributed by atoms with Crippen LogP contribution in [0.1, 0.15) is 22.3 Å². The molecule has 0 radical (unpaired) electrons. The van der Waals surface area contributed by atoms with E-state index in [0.717, 1.165) is 16.9 Å². The Bertz CT molecular complexity index is 1290. The number of nitriles is 1. The van der Waals surface area contributed by atoms with Crippen LogP contribution < -0.4 is 19.5 Å². The summed E-state index contributed by atoms with van der Waals surface area (Å²) in [6, 6.07) is 18.9. The minimum atomic E-state index is -0.496. The molecule has 0 aliphatic rings. The third-order valence-electron chi connectivity index (χ3n) is 5.30. The SMILES string of the molecule is C=CCc1cc(/C=C(/C#N)C(=O)NCc2ccc(OC)cc2)cc(OC)c1OCc1cccc(F)c1. The Morgan fingerprint density at radius 3 is 2.50 bits per heavy atom. The van der Waals surface area contributed by atoms with E-state index in [9.17, 15) is 14.4 Å². The van der Waals surface area contributed by atoms with Crippen LogP contribution in [0.2, 0.25) is 0 Å². The summed E-state index contributed by atoms with van der Waals surface area (Å²) in [5.41, 5.74) is 2.84. The van der Waals surface area contributed by atoms with Gasteiger partial charge in [0.1, 0.15) is 29.8 Å². The third kappa shape index (κ3) is 6.97. The van der Waals surface area contributed by atoms with Crippen molar-refractivity contribution in [3.05, 3.63) is 107 Å². The second-order valence-corrected chi connectivity index (χ2v) is 7.82. The molecule has 0 spiro atoms. The van der Waals surface area contributed by atoms with Gasteiger partial charge in [-0.1, -0.05) is 30.3 Å². The van der Waals surface area contributed by atoms with Gasteiger partial charge in [-0.15, -0.1) is 6.58 Å². The van der Waals surface area contributed by atoms with E-state index in [0.29, 0.717) is 29.0 Å². The van der Waals surface area contributed by atoms with Gasteiger partial charge < -0.3 is 19.5 Å².